The van der Waals surface area contributed by atoms with E-state index < -0.39 is 0 Å². The van der Waals surface area contributed by atoms with Gasteiger partial charge < -0.3 is 9.80 Å². The van der Waals surface area contributed by atoms with E-state index in [9.17, 15) is 0 Å². The van der Waals surface area contributed by atoms with E-state index >= 15 is 0 Å². The summed E-state index contributed by atoms with van der Waals surface area (Å²) in [5.41, 5.74) is 18.6. The van der Waals surface area contributed by atoms with Crippen molar-refractivity contribution in [2.24, 2.45) is 10.8 Å². The Hall–Kier alpha value is -4.02. The normalized spacial score (nSPS) is 20.2. The number of rotatable bonds is 2. The first-order valence-corrected chi connectivity index (χ1v) is 22.9. The summed E-state index contributed by atoms with van der Waals surface area (Å²) < 4.78 is 2.84. The predicted octanol–water partition coefficient (Wildman–Crippen LogP) is 14.0. The van der Waals surface area contributed by atoms with Gasteiger partial charge in [-0.2, -0.15) is 0 Å². The smallest absolute Gasteiger partial charge is 0.264 e. The number of hydrogen-bond donors (Lipinski definition) is 0. The second-order valence-corrected chi connectivity index (χ2v) is 23.5. The number of benzene rings is 4. The van der Waals surface area contributed by atoms with Crippen LogP contribution in [0.1, 0.15) is 143 Å². The molecule has 2 aliphatic carbocycles. The van der Waals surface area contributed by atoms with Crippen LogP contribution in [0, 0.1) is 24.7 Å². The average molecular weight is 785 g/mol. The van der Waals surface area contributed by atoms with Gasteiger partial charge in [0.15, 0.2) is 0 Å². The highest BCUT2D eigenvalue weighted by molar-refractivity contribution is 7.33. The molecule has 0 saturated carbocycles. The number of para-hydroxylation sites is 1. The first kappa shape index (κ1) is 39.4. The predicted molar refractivity (Wildman–Crippen MR) is 256 cm³/mol. The highest BCUT2D eigenvalue weighted by atomic mass is 32.1. The summed E-state index contributed by atoms with van der Waals surface area (Å²) in [5.74, 6) is 0. The zero-order valence-corrected chi connectivity index (χ0v) is 38.5. The Morgan fingerprint density at radius 1 is 0.655 bits per heavy atom. The molecule has 4 aliphatic rings. The van der Waals surface area contributed by atoms with Gasteiger partial charge in [-0.3, -0.25) is 0 Å². The number of hydrogen-bond acceptors (Lipinski definition) is 3. The zero-order valence-electron chi connectivity index (χ0n) is 37.7. The maximum atomic E-state index is 2.71. The van der Waals surface area contributed by atoms with Crippen molar-refractivity contribution in [1.29, 1.82) is 0 Å². The minimum atomic E-state index is 0.0444. The van der Waals surface area contributed by atoms with Crippen LogP contribution in [0.15, 0.2) is 90.7 Å². The fraction of sp³-hybridized carbons (Fsp3) is 0.444. The third-order valence-corrected chi connectivity index (χ3v) is 15.8. The van der Waals surface area contributed by atoms with E-state index in [2.05, 4.69) is 185 Å². The fourth-order valence-corrected chi connectivity index (χ4v) is 11.8. The lowest BCUT2D eigenvalue weighted by Gasteiger charge is -2.47. The molecule has 9 rings (SSSR count). The van der Waals surface area contributed by atoms with Crippen LogP contribution >= 0.6 is 11.3 Å². The molecule has 3 heterocycles. The van der Waals surface area contributed by atoms with Crippen LogP contribution in [-0.4, -0.2) is 6.71 Å². The monoisotopic (exact) mass is 784 g/mol. The summed E-state index contributed by atoms with van der Waals surface area (Å²) in [4.78, 5) is 5.37. The Morgan fingerprint density at radius 3 is 1.97 bits per heavy atom. The van der Waals surface area contributed by atoms with Crippen LogP contribution in [0.2, 0.25) is 0 Å². The van der Waals surface area contributed by atoms with Crippen LogP contribution in [0.3, 0.4) is 0 Å². The molecule has 5 aromatic rings. The van der Waals surface area contributed by atoms with Gasteiger partial charge in [0.1, 0.15) is 0 Å². The van der Waals surface area contributed by atoms with Crippen LogP contribution < -0.4 is 25.5 Å². The molecule has 0 amide bonds. The summed E-state index contributed by atoms with van der Waals surface area (Å²) >= 11 is 2.03. The SMILES string of the molecule is Cc1cc2c3c(c1)N(c1ccccc1C)c1c(sc4ccc(C(C)(C)C)cc14)B3c1cc3c(cc1N2C1=CCC(C)(C)CCC(C)(C)CC=C1)C(C)(C)CCC3(C)C. The van der Waals surface area contributed by atoms with Crippen LogP contribution in [0.4, 0.5) is 28.4 Å². The van der Waals surface area contributed by atoms with Crippen molar-refractivity contribution in [2.45, 2.75) is 145 Å². The lowest BCUT2D eigenvalue weighted by molar-refractivity contribution is 0.241. The van der Waals surface area contributed by atoms with Gasteiger partial charge in [0.25, 0.3) is 6.71 Å². The number of fused-ring (bicyclic) bond motifs is 7. The van der Waals surface area contributed by atoms with Crippen molar-refractivity contribution in [1.82, 2.24) is 0 Å². The maximum Gasteiger partial charge on any atom is 0.264 e. The van der Waals surface area contributed by atoms with Crippen LogP contribution in [0.25, 0.3) is 10.1 Å². The van der Waals surface area contributed by atoms with Gasteiger partial charge >= 0.3 is 0 Å². The molecule has 2 nitrogen and oxygen atoms in total. The standard InChI is InChI=1S/C54H65BN2S/c1-34-29-44-47-45(30-34)57(42-19-15-14-17-35(42)2)48-38-31-36(50(3,4)5)20-21-46(38)58-49(48)55(47)41-32-39-40(54(12,13)28-27-53(39,10)11)33-43(41)56(44)37-18-16-23-51(6,7)25-26-52(8,9)24-22-37/h14-22,29-33H,23-28H2,1-13H3. The molecule has 0 saturated heterocycles. The summed E-state index contributed by atoms with van der Waals surface area (Å²) in [7, 11) is 0. The van der Waals surface area contributed by atoms with E-state index in [4.69, 9.17) is 0 Å². The number of allylic oxidation sites excluding steroid dienone is 3. The highest BCUT2D eigenvalue weighted by Crippen LogP contribution is 2.52. The summed E-state index contributed by atoms with van der Waals surface area (Å²) in [6.07, 6.45) is 14.5. The van der Waals surface area contributed by atoms with E-state index in [0.29, 0.717) is 0 Å². The summed E-state index contributed by atoms with van der Waals surface area (Å²) in [5, 5.41) is 1.37. The largest absolute Gasteiger partial charge is 0.312 e. The van der Waals surface area contributed by atoms with E-state index in [1.807, 2.05) is 11.3 Å². The molecule has 0 bridgehead atoms. The van der Waals surface area contributed by atoms with Gasteiger partial charge in [0, 0.05) is 43.3 Å². The van der Waals surface area contributed by atoms with Crippen molar-refractivity contribution in [3.05, 3.63) is 118 Å². The third-order valence-electron chi connectivity index (χ3n) is 14.6. The second kappa shape index (κ2) is 13.2. The molecular formula is C54H65BN2S. The maximum absolute atomic E-state index is 2.71. The van der Waals surface area contributed by atoms with Gasteiger partial charge in [-0.05, 0) is 161 Å². The minimum Gasteiger partial charge on any atom is -0.312 e. The van der Waals surface area contributed by atoms with Gasteiger partial charge in [-0.25, -0.2) is 0 Å². The first-order valence-electron chi connectivity index (χ1n) is 22.1. The molecule has 0 radical (unpaired) electrons. The Balaban J connectivity index is 1.41. The van der Waals surface area contributed by atoms with Crippen molar-refractivity contribution in [3.63, 3.8) is 0 Å². The van der Waals surface area contributed by atoms with Crippen molar-refractivity contribution in [3.8, 4) is 0 Å². The minimum absolute atomic E-state index is 0.0444. The molecular weight excluding hydrogens is 719 g/mol. The zero-order chi connectivity index (χ0) is 41.3. The summed E-state index contributed by atoms with van der Waals surface area (Å²) in [6, 6.07) is 26.7. The Bertz CT molecular complexity index is 2550. The van der Waals surface area contributed by atoms with E-state index in [-0.39, 0.29) is 33.8 Å². The molecule has 300 valence electrons. The van der Waals surface area contributed by atoms with E-state index in [0.717, 1.165) is 12.8 Å². The number of thiophene rings is 1. The lowest BCUT2D eigenvalue weighted by Crippen LogP contribution is -2.61. The van der Waals surface area contributed by atoms with Gasteiger partial charge in [0.2, 0.25) is 0 Å². The lowest BCUT2D eigenvalue weighted by atomic mass is 9.35. The van der Waals surface area contributed by atoms with Gasteiger partial charge in [0.05, 0.1) is 5.69 Å². The first-order chi connectivity index (χ1) is 27.2. The fourth-order valence-electron chi connectivity index (χ4n) is 10.5. The quantitative estimate of drug-likeness (QED) is 0.161. The molecule has 0 atom stereocenters. The van der Waals surface area contributed by atoms with Gasteiger partial charge in [-0.1, -0.05) is 119 Å². The Morgan fingerprint density at radius 2 is 1.29 bits per heavy atom. The average Bonchev–Trinajstić information content (AvgIpc) is 3.52. The molecule has 0 N–H and O–H groups in total. The molecule has 4 heteroatoms. The van der Waals surface area contributed by atoms with Crippen LogP contribution in [-0.2, 0) is 16.2 Å². The number of nitrogens with zero attached hydrogens (tertiary/aromatic N) is 2. The third kappa shape index (κ3) is 6.43. The molecule has 2 aliphatic heterocycles. The summed E-state index contributed by atoms with van der Waals surface area (Å²) in [6.45, 7) is 31.6. The molecule has 0 spiro atoms. The Labute approximate surface area is 354 Å². The van der Waals surface area contributed by atoms with Crippen molar-refractivity contribution >= 4 is 72.3 Å². The van der Waals surface area contributed by atoms with Gasteiger partial charge in [-0.15, -0.1) is 11.3 Å². The second-order valence-electron chi connectivity index (χ2n) is 22.4. The molecule has 1 aromatic heterocycles. The molecule has 0 fully saturated rings. The number of aryl methyl sites for hydroxylation is 2. The van der Waals surface area contributed by atoms with Crippen LogP contribution in [0.5, 0.6) is 0 Å². The Kier molecular flexibility index (Phi) is 9.01. The molecule has 0 unspecified atom stereocenters. The van der Waals surface area contributed by atoms with E-state index in [1.54, 1.807) is 0 Å². The molecule has 4 aromatic carbocycles. The van der Waals surface area contributed by atoms with Crippen molar-refractivity contribution < 1.29 is 0 Å². The molecule has 58 heavy (non-hydrogen) atoms. The number of anilines is 5. The topological polar surface area (TPSA) is 6.48 Å². The van der Waals surface area contributed by atoms with E-state index in [1.165, 1.54) is 113 Å². The van der Waals surface area contributed by atoms with Crippen molar-refractivity contribution in [2.75, 3.05) is 9.80 Å². The highest BCUT2D eigenvalue weighted by Gasteiger charge is 2.48.